The lowest BCUT2D eigenvalue weighted by Crippen LogP contribution is -2.54. The monoisotopic (exact) mass is 373 g/mol. The van der Waals surface area contributed by atoms with Crippen LogP contribution in [0.4, 0.5) is 0 Å². The zero-order chi connectivity index (χ0) is 14.2. The van der Waals surface area contributed by atoms with E-state index in [1.807, 2.05) is 19.1 Å². The molecule has 0 radical (unpaired) electrons. The molecule has 1 aliphatic carbocycles. The fraction of sp³-hybridized carbons (Fsp3) is 0.429. The Morgan fingerprint density at radius 1 is 1.42 bits per heavy atom. The number of aryl methyl sites for hydroxylation is 1. The fourth-order valence-electron chi connectivity index (χ4n) is 2.12. The minimum Gasteiger partial charge on any atom is -0.480 e. The van der Waals surface area contributed by atoms with Crippen LogP contribution in [0.2, 0.25) is 0 Å². The molecular formula is C14H16INO3. The molecule has 0 aliphatic heterocycles. The van der Waals surface area contributed by atoms with Crippen LogP contribution in [0.15, 0.2) is 18.2 Å². The zero-order valence-electron chi connectivity index (χ0n) is 10.9. The van der Waals surface area contributed by atoms with E-state index < -0.39 is 11.5 Å². The summed E-state index contributed by atoms with van der Waals surface area (Å²) in [6.07, 6.45) is 1.71. The molecule has 0 aromatic heterocycles. The number of aliphatic carboxylic acids is 1. The Morgan fingerprint density at radius 2 is 2.05 bits per heavy atom. The Balaban J connectivity index is 2.25. The van der Waals surface area contributed by atoms with Crippen LogP contribution in [-0.4, -0.2) is 22.5 Å². The average Bonchev–Trinajstić information content (AvgIpc) is 3.16. The van der Waals surface area contributed by atoms with E-state index in [1.54, 1.807) is 13.0 Å². The largest absolute Gasteiger partial charge is 0.480 e. The quantitative estimate of drug-likeness (QED) is 0.798. The van der Waals surface area contributed by atoms with Gasteiger partial charge in [-0.15, -0.1) is 0 Å². The topological polar surface area (TPSA) is 66.4 Å². The maximum Gasteiger partial charge on any atom is 0.329 e. The van der Waals surface area contributed by atoms with Crippen LogP contribution in [0, 0.1) is 16.4 Å². The van der Waals surface area contributed by atoms with Crippen LogP contribution < -0.4 is 5.32 Å². The van der Waals surface area contributed by atoms with Crippen molar-refractivity contribution in [3.8, 4) is 0 Å². The molecule has 1 unspecified atom stereocenters. The Hall–Kier alpha value is -1.11. The van der Waals surface area contributed by atoms with E-state index in [4.69, 9.17) is 0 Å². The second-order valence-corrected chi connectivity index (χ2v) is 6.25. The summed E-state index contributed by atoms with van der Waals surface area (Å²) in [5.41, 5.74) is 0.384. The Morgan fingerprint density at radius 3 is 2.58 bits per heavy atom. The zero-order valence-corrected chi connectivity index (χ0v) is 13.0. The first-order chi connectivity index (χ1) is 8.86. The summed E-state index contributed by atoms with van der Waals surface area (Å²) in [7, 11) is 0. The summed E-state index contributed by atoms with van der Waals surface area (Å²) >= 11 is 2.11. The molecule has 1 amide bonds. The highest BCUT2D eigenvalue weighted by atomic mass is 127. The fourth-order valence-corrected chi connectivity index (χ4v) is 2.72. The van der Waals surface area contributed by atoms with E-state index in [0.29, 0.717) is 5.56 Å². The van der Waals surface area contributed by atoms with Crippen LogP contribution in [0.3, 0.4) is 0 Å². The first kappa shape index (κ1) is 14.3. The predicted molar refractivity (Wildman–Crippen MR) is 80.1 cm³/mol. The molecular weight excluding hydrogens is 357 g/mol. The lowest BCUT2D eigenvalue weighted by Gasteiger charge is -2.26. The Labute approximate surface area is 125 Å². The van der Waals surface area contributed by atoms with Crippen molar-refractivity contribution in [2.45, 2.75) is 32.2 Å². The molecule has 0 heterocycles. The molecule has 1 saturated carbocycles. The van der Waals surface area contributed by atoms with Crippen LogP contribution in [0.25, 0.3) is 0 Å². The van der Waals surface area contributed by atoms with Crippen LogP contribution in [0.1, 0.15) is 35.7 Å². The Kier molecular flexibility index (Phi) is 3.85. The minimum atomic E-state index is -1.16. The number of nitrogens with one attached hydrogen (secondary N) is 1. The van der Waals surface area contributed by atoms with Crippen molar-refractivity contribution >= 4 is 34.5 Å². The lowest BCUT2D eigenvalue weighted by molar-refractivity contribution is -0.144. The van der Waals surface area contributed by atoms with Gasteiger partial charge in [-0.3, -0.25) is 4.79 Å². The summed E-state index contributed by atoms with van der Waals surface area (Å²) in [5.74, 6) is -1.24. The first-order valence-corrected chi connectivity index (χ1v) is 7.25. The predicted octanol–water partition coefficient (Wildman–Crippen LogP) is 2.58. The number of carboxylic acid groups (broad SMARTS) is 1. The van der Waals surface area contributed by atoms with Gasteiger partial charge in [0.25, 0.3) is 5.91 Å². The molecule has 0 bridgehead atoms. The van der Waals surface area contributed by atoms with E-state index in [1.165, 1.54) is 0 Å². The highest BCUT2D eigenvalue weighted by Crippen LogP contribution is 2.40. The van der Waals surface area contributed by atoms with Gasteiger partial charge in [0.05, 0.1) is 5.56 Å². The number of carbonyl (C=O) groups excluding carboxylic acids is 1. The second-order valence-electron chi connectivity index (χ2n) is 5.17. The number of rotatable bonds is 4. The molecule has 19 heavy (non-hydrogen) atoms. The maximum atomic E-state index is 12.3. The maximum absolute atomic E-state index is 12.3. The molecule has 2 N–H and O–H groups in total. The van der Waals surface area contributed by atoms with Crippen molar-refractivity contribution in [1.29, 1.82) is 0 Å². The van der Waals surface area contributed by atoms with Crippen molar-refractivity contribution in [2.24, 2.45) is 5.92 Å². The molecule has 1 aliphatic rings. The number of hydrogen-bond donors (Lipinski definition) is 2. The lowest BCUT2D eigenvalue weighted by atomic mass is 9.95. The first-order valence-electron chi connectivity index (χ1n) is 6.17. The van der Waals surface area contributed by atoms with Gasteiger partial charge in [0.15, 0.2) is 0 Å². The van der Waals surface area contributed by atoms with Gasteiger partial charge in [-0.2, -0.15) is 0 Å². The van der Waals surface area contributed by atoms with Crippen molar-refractivity contribution in [3.63, 3.8) is 0 Å². The minimum absolute atomic E-state index is 0.0384. The van der Waals surface area contributed by atoms with Gasteiger partial charge < -0.3 is 10.4 Å². The van der Waals surface area contributed by atoms with Gasteiger partial charge in [0, 0.05) is 3.57 Å². The number of carbonyl (C=O) groups is 2. The molecule has 2 rings (SSSR count). The normalized spacial score (nSPS) is 17.6. The molecule has 5 heteroatoms. The molecule has 4 nitrogen and oxygen atoms in total. The van der Waals surface area contributed by atoms with E-state index >= 15 is 0 Å². The molecule has 1 fully saturated rings. The molecule has 1 atom stereocenters. The number of hydrogen-bond acceptors (Lipinski definition) is 2. The highest BCUT2D eigenvalue weighted by molar-refractivity contribution is 14.1. The van der Waals surface area contributed by atoms with Gasteiger partial charge in [-0.25, -0.2) is 4.79 Å². The molecule has 0 saturated heterocycles. The van der Waals surface area contributed by atoms with E-state index in [0.717, 1.165) is 22.0 Å². The van der Waals surface area contributed by atoms with Crippen molar-refractivity contribution < 1.29 is 14.7 Å². The van der Waals surface area contributed by atoms with Gasteiger partial charge in [-0.05, 0) is 66.8 Å². The number of halogens is 1. The van der Waals surface area contributed by atoms with Crippen molar-refractivity contribution in [1.82, 2.24) is 5.32 Å². The number of carboxylic acids is 1. The smallest absolute Gasteiger partial charge is 0.329 e. The Bertz CT molecular complexity index is 539. The van der Waals surface area contributed by atoms with Gasteiger partial charge >= 0.3 is 5.97 Å². The average molecular weight is 373 g/mol. The third-order valence-electron chi connectivity index (χ3n) is 3.65. The van der Waals surface area contributed by atoms with Crippen LogP contribution in [0.5, 0.6) is 0 Å². The van der Waals surface area contributed by atoms with E-state index in [9.17, 15) is 14.7 Å². The summed E-state index contributed by atoms with van der Waals surface area (Å²) in [6.45, 7) is 3.52. The summed E-state index contributed by atoms with van der Waals surface area (Å²) < 4.78 is 0.862. The molecule has 0 spiro atoms. The highest BCUT2D eigenvalue weighted by Gasteiger charge is 2.48. The molecule has 102 valence electrons. The van der Waals surface area contributed by atoms with Gasteiger partial charge in [-0.1, -0.05) is 12.1 Å². The molecule has 1 aromatic carbocycles. The number of amides is 1. The second kappa shape index (κ2) is 5.11. The summed E-state index contributed by atoms with van der Waals surface area (Å²) in [6, 6.07) is 5.46. The van der Waals surface area contributed by atoms with Gasteiger partial charge in [0.1, 0.15) is 5.54 Å². The molecule has 1 aromatic rings. The third-order valence-corrected chi connectivity index (χ3v) is 5.08. The van der Waals surface area contributed by atoms with Crippen molar-refractivity contribution in [2.75, 3.05) is 0 Å². The third kappa shape index (κ3) is 2.75. The van der Waals surface area contributed by atoms with Gasteiger partial charge in [0.2, 0.25) is 0 Å². The van der Waals surface area contributed by atoms with Crippen LogP contribution in [-0.2, 0) is 4.79 Å². The van der Waals surface area contributed by atoms with E-state index in [-0.39, 0.29) is 11.8 Å². The summed E-state index contributed by atoms with van der Waals surface area (Å²) in [5, 5.41) is 12.0. The standard InChI is InChI=1S/C14H16INO3/c1-8-4-3-5-10(11(8)15)12(17)16-14(2,13(18)19)9-6-7-9/h3-5,9H,6-7H2,1-2H3,(H,16,17)(H,18,19). The van der Waals surface area contributed by atoms with Crippen LogP contribution >= 0.6 is 22.6 Å². The SMILES string of the molecule is Cc1cccc(C(=O)NC(C)(C(=O)O)C2CC2)c1I. The van der Waals surface area contributed by atoms with E-state index in [2.05, 4.69) is 27.9 Å². The van der Waals surface area contributed by atoms with Crippen molar-refractivity contribution in [3.05, 3.63) is 32.9 Å². The summed E-state index contributed by atoms with van der Waals surface area (Å²) in [4.78, 5) is 23.7. The number of benzene rings is 1.